The molecule has 0 saturated carbocycles. The van der Waals surface area contributed by atoms with Crippen LogP contribution in [0.15, 0.2) is 52.9 Å². The minimum atomic E-state index is -1.44. The van der Waals surface area contributed by atoms with Gasteiger partial charge in [-0.3, -0.25) is 9.00 Å². The number of nitrogens with one attached hydrogen (secondary N) is 1. The minimum Gasteiger partial charge on any atom is -0.497 e. The molecule has 0 fully saturated rings. The van der Waals surface area contributed by atoms with E-state index < -0.39 is 10.8 Å². The third-order valence-electron chi connectivity index (χ3n) is 4.22. The molecule has 3 aromatic rings. The fourth-order valence-electron chi connectivity index (χ4n) is 2.62. The molecule has 152 valence electrons. The van der Waals surface area contributed by atoms with Crippen LogP contribution in [0.2, 0.25) is 0 Å². The molecule has 0 spiro atoms. The highest BCUT2D eigenvalue weighted by Crippen LogP contribution is 2.24. The summed E-state index contributed by atoms with van der Waals surface area (Å²) in [7, 11) is 0.155. The van der Waals surface area contributed by atoms with Crippen LogP contribution in [0.1, 0.15) is 17.0 Å². The van der Waals surface area contributed by atoms with Crippen molar-refractivity contribution in [3.05, 3.63) is 71.4 Å². The number of oxazole rings is 1. The smallest absolute Gasteiger partial charge is 0.232 e. The van der Waals surface area contributed by atoms with Crippen molar-refractivity contribution in [3.8, 4) is 17.2 Å². The van der Waals surface area contributed by atoms with Gasteiger partial charge in [0.2, 0.25) is 11.8 Å². The Balaban J connectivity index is 1.55. The maximum Gasteiger partial charge on any atom is 0.232 e. The van der Waals surface area contributed by atoms with Gasteiger partial charge in [0.25, 0.3) is 0 Å². The average Bonchev–Trinajstić information content (AvgIpc) is 3.07. The lowest BCUT2D eigenvalue weighted by molar-refractivity contribution is -0.118. The number of amides is 1. The Morgan fingerprint density at radius 2 is 1.86 bits per heavy atom. The third kappa shape index (κ3) is 5.74. The minimum absolute atomic E-state index is 0.120. The summed E-state index contributed by atoms with van der Waals surface area (Å²) in [4.78, 5) is 16.4. The summed E-state index contributed by atoms with van der Waals surface area (Å²) in [6.45, 7) is 2.00. The molecular weight excluding hydrogens is 395 g/mol. The number of rotatable bonds is 8. The number of aryl methyl sites for hydroxylation is 1. The number of methoxy groups -OCH3 is 1. The van der Waals surface area contributed by atoms with Gasteiger partial charge in [0.15, 0.2) is 0 Å². The largest absolute Gasteiger partial charge is 0.497 e. The van der Waals surface area contributed by atoms with E-state index in [4.69, 9.17) is 9.15 Å². The Morgan fingerprint density at radius 1 is 1.17 bits per heavy atom. The van der Waals surface area contributed by atoms with E-state index in [-0.39, 0.29) is 29.8 Å². The molecular formula is C21H21FN2O4S. The van der Waals surface area contributed by atoms with Crippen molar-refractivity contribution in [3.63, 3.8) is 0 Å². The summed E-state index contributed by atoms with van der Waals surface area (Å²) >= 11 is 0. The summed E-state index contributed by atoms with van der Waals surface area (Å²) in [5.41, 5.74) is 2.10. The van der Waals surface area contributed by atoms with Crippen LogP contribution in [0, 0.1) is 12.7 Å². The van der Waals surface area contributed by atoms with Crippen LogP contribution in [0.25, 0.3) is 11.5 Å². The molecule has 0 bridgehead atoms. The van der Waals surface area contributed by atoms with Crippen molar-refractivity contribution in [1.82, 2.24) is 10.3 Å². The Bertz CT molecular complexity index is 1000. The first kappa shape index (κ1) is 20.7. The van der Waals surface area contributed by atoms with Crippen molar-refractivity contribution in [2.75, 3.05) is 12.9 Å². The predicted octanol–water partition coefficient (Wildman–Crippen LogP) is 3.36. The molecule has 1 heterocycles. The van der Waals surface area contributed by atoms with Crippen LogP contribution < -0.4 is 10.1 Å². The number of hydrogen-bond acceptors (Lipinski definition) is 5. The standard InChI is InChI=1S/C21H21FN2O4S/c1-14-19(24-21(28-14)16-5-9-18(27-2)10-6-16)12-29(26)13-20(25)23-11-15-3-7-17(22)8-4-15/h3-10H,11-13H2,1-2H3,(H,23,25)/t29-/m0/s1. The molecule has 6 nitrogen and oxygen atoms in total. The van der Waals surface area contributed by atoms with Crippen molar-refractivity contribution in [2.45, 2.75) is 19.2 Å². The van der Waals surface area contributed by atoms with Crippen LogP contribution in [0.5, 0.6) is 5.75 Å². The first-order valence-electron chi connectivity index (χ1n) is 8.91. The van der Waals surface area contributed by atoms with Gasteiger partial charge in [-0.2, -0.15) is 0 Å². The second-order valence-electron chi connectivity index (χ2n) is 6.38. The lowest BCUT2D eigenvalue weighted by Gasteiger charge is -2.05. The Kier molecular flexibility index (Phi) is 6.77. The van der Waals surface area contributed by atoms with Crippen LogP contribution in [0.3, 0.4) is 0 Å². The zero-order valence-corrected chi connectivity index (χ0v) is 16.9. The molecule has 2 aromatic carbocycles. The summed E-state index contributed by atoms with van der Waals surface area (Å²) in [6.07, 6.45) is 0. The molecule has 1 N–H and O–H groups in total. The molecule has 0 aliphatic carbocycles. The molecule has 1 aromatic heterocycles. The number of halogens is 1. The van der Waals surface area contributed by atoms with Gasteiger partial charge in [-0.1, -0.05) is 12.1 Å². The number of nitrogens with zero attached hydrogens (tertiary/aromatic N) is 1. The molecule has 1 atom stereocenters. The van der Waals surface area contributed by atoms with Gasteiger partial charge < -0.3 is 14.5 Å². The van der Waals surface area contributed by atoms with Crippen molar-refractivity contribution in [2.24, 2.45) is 0 Å². The zero-order valence-electron chi connectivity index (χ0n) is 16.1. The van der Waals surface area contributed by atoms with Gasteiger partial charge in [-0.25, -0.2) is 9.37 Å². The average molecular weight is 416 g/mol. The first-order chi connectivity index (χ1) is 13.9. The van der Waals surface area contributed by atoms with E-state index in [0.717, 1.165) is 16.9 Å². The lowest BCUT2D eigenvalue weighted by atomic mass is 10.2. The second kappa shape index (κ2) is 9.47. The molecule has 1 amide bonds. The Hall–Kier alpha value is -3.00. The molecule has 8 heteroatoms. The molecule has 3 rings (SSSR count). The molecule has 0 aliphatic rings. The number of ether oxygens (including phenoxy) is 1. The molecule has 0 unspecified atom stereocenters. The number of carbonyl (C=O) groups excluding carboxylic acids is 1. The van der Waals surface area contributed by atoms with Crippen molar-refractivity contribution >= 4 is 16.7 Å². The van der Waals surface area contributed by atoms with E-state index in [9.17, 15) is 13.4 Å². The number of benzene rings is 2. The van der Waals surface area contributed by atoms with Crippen LogP contribution in [-0.2, 0) is 27.9 Å². The monoisotopic (exact) mass is 416 g/mol. The first-order valence-corrected chi connectivity index (χ1v) is 10.4. The SMILES string of the molecule is COc1ccc(-c2nc(C[S@](=O)CC(=O)NCc3ccc(F)cc3)c(C)o2)cc1. The quantitative estimate of drug-likeness (QED) is 0.609. The van der Waals surface area contributed by atoms with E-state index in [1.807, 2.05) is 12.1 Å². The zero-order chi connectivity index (χ0) is 20.8. The van der Waals surface area contributed by atoms with E-state index in [1.165, 1.54) is 12.1 Å². The van der Waals surface area contributed by atoms with E-state index in [2.05, 4.69) is 10.3 Å². The summed E-state index contributed by atoms with van der Waals surface area (Å²) in [5.74, 6) is 1.02. The number of carbonyl (C=O) groups is 1. The fourth-order valence-corrected chi connectivity index (χ4v) is 3.69. The molecule has 0 radical (unpaired) electrons. The normalized spacial score (nSPS) is 11.8. The predicted molar refractivity (Wildman–Crippen MR) is 108 cm³/mol. The third-order valence-corrected chi connectivity index (χ3v) is 5.40. The van der Waals surface area contributed by atoms with Crippen LogP contribution in [0.4, 0.5) is 4.39 Å². The highest BCUT2D eigenvalue weighted by atomic mass is 32.2. The van der Waals surface area contributed by atoms with E-state index in [1.54, 1.807) is 38.3 Å². The van der Waals surface area contributed by atoms with Crippen LogP contribution in [-0.4, -0.2) is 28.0 Å². The topological polar surface area (TPSA) is 81.4 Å². The van der Waals surface area contributed by atoms with E-state index >= 15 is 0 Å². The van der Waals surface area contributed by atoms with E-state index in [0.29, 0.717) is 17.3 Å². The second-order valence-corrected chi connectivity index (χ2v) is 7.84. The number of aromatic nitrogens is 1. The lowest BCUT2D eigenvalue weighted by Crippen LogP contribution is -2.28. The van der Waals surface area contributed by atoms with Crippen molar-refractivity contribution in [1.29, 1.82) is 0 Å². The maximum atomic E-state index is 12.9. The Morgan fingerprint density at radius 3 is 2.52 bits per heavy atom. The Labute approximate surface area is 170 Å². The van der Waals surface area contributed by atoms with Crippen molar-refractivity contribution < 1.29 is 22.5 Å². The summed E-state index contributed by atoms with van der Waals surface area (Å²) < 4.78 is 36.1. The van der Waals surface area contributed by atoms with Gasteiger partial charge in [-0.05, 0) is 48.9 Å². The van der Waals surface area contributed by atoms with Gasteiger partial charge in [0.1, 0.15) is 23.1 Å². The number of hydrogen-bond donors (Lipinski definition) is 1. The fraction of sp³-hybridized carbons (Fsp3) is 0.238. The maximum absolute atomic E-state index is 12.9. The highest BCUT2D eigenvalue weighted by molar-refractivity contribution is 7.84. The van der Waals surface area contributed by atoms with Gasteiger partial charge in [0, 0.05) is 22.9 Å². The van der Waals surface area contributed by atoms with Gasteiger partial charge in [0.05, 0.1) is 18.6 Å². The van der Waals surface area contributed by atoms with Crippen LogP contribution >= 0.6 is 0 Å². The molecule has 0 aliphatic heterocycles. The molecule has 0 saturated heterocycles. The summed E-state index contributed by atoms with van der Waals surface area (Å²) in [5, 5.41) is 2.68. The molecule has 29 heavy (non-hydrogen) atoms. The summed E-state index contributed by atoms with van der Waals surface area (Å²) in [6, 6.07) is 13.1. The highest BCUT2D eigenvalue weighted by Gasteiger charge is 2.16. The van der Waals surface area contributed by atoms with Gasteiger partial charge >= 0.3 is 0 Å². The van der Waals surface area contributed by atoms with Gasteiger partial charge in [-0.15, -0.1) is 0 Å².